The van der Waals surface area contributed by atoms with Crippen LogP contribution in [0.4, 0.5) is 0 Å². The molecule has 2 rings (SSSR count). The van der Waals surface area contributed by atoms with Crippen LogP contribution in [0.1, 0.15) is 0 Å². The first-order valence-electron chi connectivity index (χ1n) is 5.34. The van der Waals surface area contributed by atoms with Gasteiger partial charge in [-0.05, 0) is 12.1 Å². The summed E-state index contributed by atoms with van der Waals surface area (Å²) >= 11 is 0. The zero-order valence-corrected chi connectivity index (χ0v) is 11.3. The van der Waals surface area contributed by atoms with Crippen LogP contribution >= 0.6 is 0 Å². The van der Waals surface area contributed by atoms with E-state index in [1.54, 1.807) is 12.3 Å². The molecule has 0 aliphatic heterocycles. The van der Waals surface area contributed by atoms with Gasteiger partial charge in [0.2, 0.25) is 5.52 Å². The maximum atomic E-state index is 9.08. The van der Waals surface area contributed by atoms with Crippen molar-refractivity contribution in [2.24, 2.45) is 7.05 Å². The average Bonchev–Trinajstić information content (AvgIpc) is 2.26. The molecule has 0 saturated heterocycles. The zero-order valence-electron chi connectivity index (χ0n) is 10.5. The fraction of sp³-hybridized carbons (Fsp3) is 0.182. The van der Waals surface area contributed by atoms with Crippen molar-refractivity contribution in [1.82, 2.24) is 0 Å². The summed E-state index contributed by atoms with van der Waals surface area (Å²) in [6.45, 7) is 0. The van der Waals surface area contributed by atoms with Gasteiger partial charge in [0.25, 0.3) is 0 Å². The van der Waals surface area contributed by atoms with Gasteiger partial charge in [-0.15, -0.1) is 0 Å². The van der Waals surface area contributed by atoms with Crippen LogP contribution in [0.25, 0.3) is 10.9 Å². The lowest BCUT2D eigenvalue weighted by Crippen LogP contribution is -2.40. The molecule has 102 valence electrons. The third-order valence-electron chi connectivity index (χ3n) is 2.28. The van der Waals surface area contributed by atoms with E-state index in [1.807, 2.05) is 35.9 Å². The maximum Gasteiger partial charge on any atom is 0.494 e. The van der Waals surface area contributed by atoms with E-state index in [9.17, 15) is 0 Å². The summed E-state index contributed by atoms with van der Waals surface area (Å²) in [7, 11) is -3.44. The number of para-hydroxylation sites is 1. The molecule has 2 N–H and O–H groups in total. The van der Waals surface area contributed by atoms with Gasteiger partial charge in [0, 0.05) is 23.2 Å². The molecule has 1 aromatic carbocycles. The minimum Gasteiger partial charge on any atom is -0.748 e. The lowest BCUT2D eigenvalue weighted by atomic mass is 9.81. The molecule has 2 aromatic rings. The quantitative estimate of drug-likeness (QED) is 0.377. The largest absolute Gasteiger partial charge is 0.748 e. The SMILES string of the molecule is CS(=O)(=O)[O-].C[n+]1cc(B(O)O)cc2ccccc21. The van der Waals surface area contributed by atoms with Crippen LogP contribution in [0.5, 0.6) is 0 Å². The lowest BCUT2D eigenvalue weighted by molar-refractivity contribution is -0.644. The highest BCUT2D eigenvalue weighted by atomic mass is 32.2. The first kappa shape index (κ1) is 15.6. The molecule has 0 spiro atoms. The number of pyridine rings is 1. The van der Waals surface area contributed by atoms with Gasteiger partial charge in [-0.25, -0.2) is 13.0 Å². The van der Waals surface area contributed by atoms with Crippen molar-refractivity contribution < 1.29 is 27.6 Å². The Labute approximate surface area is 111 Å². The van der Waals surface area contributed by atoms with Gasteiger partial charge < -0.3 is 14.6 Å². The predicted molar refractivity (Wildman–Crippen MR) is 70.6 cm³/mol. The van der Waals surface area contributed by atoms with Gasteiger partial charge in [0.1, 0.15) is 7.05 Å². The van der Waals surface area contributed by atoms with Gasteiger partial charge in [0.15, 0.2) is 6.20 Å². The standard InChI is InChI=1S/C10H11BNO2.CH4O3S/c1-12-7-9(11(13)14)6-8-4-2-3-5-10(8)12;1-5(2,3)4/h2-7,13-14H,1H3;1H3,(H,2,3,4)/q+1;/p-1. The number of benzene rings is 1. The first-order valence-corrected chi connectivity index (χ1v) is 7.15. The summed E-state index contributed by atoms with van der Waals surface area (Å²) in [5.41, 5.74) is 1.57. The monoisotopic (exact) mass is 283 g/mol. The average molecular weight is 283 g/mol. The highest BCUT2D eigenvalue weighted by Gasteiger charge is 2.16. The van der Waals surface area contributed by atoms with Crippen molar-refractivity contribution in [3.8, 4) is 0 Å². The van der Waals surface area contributed by atoms with E-state index in [-0.39, 0.29) is 0 Å². The second-order valence-corrected chi connectivity index (χ2v) is 5.43. The van der Waals surface area contributed by atoms with Gasteiger partial charge in [0.05, 0.1) is 10.1 Å². The molecule has 1 heterocycles. The molecule has 19 heavy (non-hydrogen) atoms. The van der Waals surface area contributed by atoms with E-state index in [0.29, 0.717) is 11.7 Å². The molecule has 0 bridgehead atoms. The Hall–Kier alpha value is -1.48. The maximum absolute atomic E-state index is 9.08. The molecule has 0 saturated carbocycles. The van der Waals surface area contributed by atoms with Crippen molar-refractivity contribution in [2.75, 3.05) is 6.26 Å². The fourth-order valence-electron chi connectivity index (χ4n) is 1.58. The number of aromatic nitrogens is 1. The van der Waals surface area contributed by atoms with Crippen LogP contribution in [-0.2, 0) is 17.2 Å². The number of rotatable bonds is 1. The molecule has 0 aliphatic carbocycles. The number of aryl methyl sites for hydroxylation is 1. The lowest BCUT2D eigenvalue weighted by Gasteiger charge is -2.00. The van der Waals surface area contributed by atoms with E-state index >= 15 is 0 Å². The van der Waals surface area contributed by atoms with Crippen LogP contribution in [0.15, 0.2) is 36.5 Å². The van der Waals surface area contributed by atoms with Crippen molar-refractivity contribution in [3.63, 3.8) is 0 Å². The third kappa shape index (κ3) is 5.35. The summed E-state index contributed by atoms with van der Waals surface area (Å²) < 4.78 is 29.1. The molecule has 1 aromatic heterocycles. The van der Waals surface area contributed by atoms with Crippen molar-refractivity contribution in [2.45, 2.75) is 0 Å². The molecule has 0 amide bonds. The molecule has 6 nitrogen and oxygen atoms in total. The minimum absolute atomic E-state index is 0.506. The second-order valence-electron chi connectivity index (χ2n) is 4.02. The number of hydrogen-bond donors (Lipinski definition) is 2. The van der Waals surface area contributed by atoms with E-state index in [4.69, 9.17) is 23.0 Å². The highest BCUT2D eigenvalue weighted by molar-refractivity contribution is 7.84. The van der Waals surface area contributed by atoms with E-state index in [1.165, 1.54) is 0 Å². The van der Waals surface area contributed by atoms with Gasteiger partial charge in [-0.2, -0.15) is 0 Å². The van der Waals surface area contributed by atoms with Gasteiger partial charge in [-0.1, -0.05) is 12.1 Å². The molecule has 0 unspecified atom stereocenters. The van der Waals surface area contributed by atoms with Crippen LogP contribution in [0.2, 0.25) is 0 Å². The van der Waals surface area contributed by atoms with Crippen molar-refractivity contribution >= 4 is 33.6 Å². The highest BCUT2D eigenvalue weighted by Crippen LogP contribution is 2.06. The summed E-state index contributed by atoms with van der Waals surface area (Å²) in [4.78, 5) is 0. The van der Waals surface area contributed by atoms with Crippen LogP contribution in [0, 0.1) is 0 Å². The molecule has 0 aliphatic rings. The summed E-state index contributed by atoms with van der Waals surface area (Å²) in [5, 5.41) is 19.1. The number of hydrogen-bond acceptors (Lipinski definition) is 5. The topological polar surface area (TPSA) is 102 Å². The Bertz CT molecular complexity index is 664. The Balaban J connectivity index is 0.000000312. The number of fused-ring (bicyclic) bond motifs is 1. The molecule has 8 heteroatoms. The van der Waals surface area contributed by atoms with Crippen LogP contribution in [0.3, 0.4) is 0 Å². The zero-order chi connectivity index (χ0) is 14.6. The molecular formula is C11H14BNO5S. The smallest absolute Gasteiger partial charge is 0.494 e. The summed E-state index contributed by atoms with van der Waals surface area (Å²) in [6, 6.07) is 9.59. The normalized spacial score (nSPS) is 10.8. The Kier molecular flexibility index (Phi) is 5.01. The molecule has 0 fully saturated rings. The Morgan fingerprint density at radius 3 is 2.32 bits per heavy atom. The summed E-state index contributed by atoms with van der Waals surface area (Å²) in [5.74, 6) is 0. The van der Waals surface area contributed by atoms with E-state index < -0.39 is 17.2 Å². The molecule has 0 atom stereocenters. The van der Waals surface area contributed by atoms with Crippen LogP contribution in [-0.4, -0.2) is 36.4 Å². The third-order valence-corrected chi connectivity index (χ3v) is 2.28. The second kappa shape index (κ2) is 6.11. The summed E-state index contributed by atoms with van der Waals surface area (Å²) in [6.07, 6.45) is 2.32. The van der Waals surface area contributed by atoms with Crippen LogP contribution < -0.4 is 10.0 Å². The molecular weight excluding hydrogens is 269 g/mol. The Morgan fingerprint density at radius 2 is 1.79 bits per heavy atom. The predicted octanol–water partition coefficient (Wildman–Crippen LogP) is -1.49. The Morgan fingerprint density at radius 1 is 1.26 bits per heavy atom. The van der Waals surface area contributed by atoms with Gasteiger partial charge >= 0.3 is 7.12 Å². The molecule has 0 radical (unpaired) electrons. The first-order chi connectivity index (χ1) is 8.68. The van der Waals surface area contributed by atoms with Crippen molar-refractivity contribution in [1.29, 1.82) is 0 Å². The van der Waals surface area contributed by atoms with Crippen molar-refractivity contribution in [3.05, 3.63) is 36.5 Å². The number of nitrogens with zero attached hydrogens (tertiary/aromatic N) is 1. The van der Waals surface area contributed by atoms with Gasteiger partial charge in [-0.3, -0.25) is 0 Å². The minimum atomic E-state index is -3.92. The van der Waals surface area contributed by atoms with E-state index in [2.05, 4.69) is 0 Å². The fourth-order valence-corrected chi connectivity index (χ4v) is 1.58. The van der Waals surface area contributed by atoms with E-state index in [0.717, 1.165) is 10.9 Å².